The standard InChI is InChI=1S/C5H7NO6S/c1-6-5(9)3(2-4(7)8)13(10,11)12/h1,3H,2H2,(H,6,9)(H,7,8)(H,10,11,12). The molecule has 1 amide bonds. The molecule has 0 aliphatic carbocycles. The highest BCUT2D eigenvalue weighted by molar-refractivity contribution is 7.87. The van der Waals surface area contributed by atoms with Crippen molar-refractivity contribution in [3.05, 3.63) is 7.05 Å². The van der Waals surface area contributed by atoms with Gasteiger partial charge in [-0.2, -0.15) is 8.42 Å². The third kappa shape index (κ3) is 3.85. The molecule has 0 aliphatic heterocycles. The minimum absolute atomic E-state index is 1.04. The van der Waals surface area contributed by atoms with Crippen molar-refractivity contribution in [1.29, 1.82) is 0 Å². The largest absolute Gasteiger partial charge is 0.481 e. The van der Waals surface area contributed by atoms with Crippen molar-refractivity contribution in [2.24, 2.45) is 0 Å². The highest BCUT2D eigenvalue weighted by atomic mass is 32.2. The molecule has 0 saturated carbocycles. The smallest absolute Gasteiger partial charge is 0.305 e. The monoisotopic (exact) mass is 209 g/mol. The summed E-state index contributed by atoms with van der Waals surface area (Å²) in [6.07, 6.45) is -1.04. The first kappa shape index (κ1) is 11.8. The van der Waals surface area contributed by atoms with E-state index in [1.807, 2.05) is 0 Å². The molecule has 13 heavy (non-hydrogen) atoms. The van der Waals surface area contributed by atoms with Gasteiger partial charge in [-0.25, -0.2) is 0 Å². The maximum atomic E-state index is 10.7. The lowest BCUT2D eigenvalue weighted by Crippen LogP contribution is -2.38. The molecule has 0 aromatic carbocycles. The van der Waals surface area contributed by atoms with Crippen LogP contribution in [-0.4, -0.2) is 35.2 Å². The number of amides is 1. The lowest BCUT2D eigenvalue weighted by Gasteiger charge is -2.08. The Labute approximate surface area is 74.5 Å². The van der Waals surface area contributed by atoms with E-state index < -0.39 is 33.7 Å². The van der Waals surface area contributed by atoms with E-state index in [4.69, 9.17) is 9.66 Å². The molecular weight excluding hydrogens is 202 g/mol. The predicted octanol–water partition coefficient (Wildman–Crippen LogP) is -1.50. The SMILES string of the molecule is [CH]NC(=O)C(CC(=O)O)S(=O)(=O)O. The molecule has 0 fully saturated rings. The van der Waals surface area contributed by atoms with Gasteiger partial charge in [0.2, 0.25) is 5.91 Å². The number of rotatable bonds is 4. The Bertz CT molecular complexity index is 307. The summed E-state index contributed by atoms with van der Waals surface area (Å²) in [7, 11) is -0.167. The minimum atomic E-state index is -4.74. The van der Waals surface area contributed by atoms with Crippen LogP contribution in [0.2, 0.25) is 0 Å². The van der Waals surface area contributed by atoms with Gasteiger partial charge >= 0.3 is 5.97 Å². The number of aliphatic carboxylic acids is 1. The highest BCUT2D eigenvalue weighted by Gasteiger charge is 2.32. The maximum absolute atomic E-state index is 10.7. The van der Waals surface area contributed by atoms with Gasteiger partial charge in [0.1, 0.15) is 0 Å². The van der Waals surface area contributed by atoms with E-state index in [9.17, 15) is 18.0 Å². The van der Waals surface area contributed by atoms with E-state index in [0.29, 0.717) is 0 Å². The second-order valence-corrected chi connectivity index (χ2v) is 3.71. The predicted molar refractivity (Wildman–Crippen MR) is 40.0 cm³/mol. The molecule has 0 aromatic rings. The molecule has 3 N–H and O–H groups in total. The zero-order chi connectivity index (χ0) is 10.6. The lowest BCUT2D eigenvalue weighted by atomic mass is 10.3. The molecule has 8 heteroatoms. The van der Waals surface area contributed by atoms with Crippen LogP contribution in [0.25, 0.3) is 0 Å². The van der Waals surface area contributed by atoms with Gasteiger partial charge in [0.25, 0.3) is 10.1 Å². The average molecular weight is 209 g/mol. The van der Waals surface area contributed by atoms with Crippen molar-refractivity contribution >= 4 is 22.0 Å². The van der Waals surface area contributed by atoms with Crippen molar-refractivity contribution in [3.63, 3.8) is 0 Å². The molecule has 0 rings (SSSR count). The van der Waals surface area contributed by atoms with E-state index in [1.165, 1.54) is 5.32 Å². The van der Waals surface area contributed by atoms with Gasteiger partial charge < -0.3 is 10.4 Å². The fourth-order valence-corrected chi connectivity index (χ4v) is 1.28. The molecule has 74 valence electrons. The van der Waals surface area contributed by atoms with E-state index in [0.717, 1.165) is 0 Å². The van der Waals surface area contributed by atoms with E-state index in [2.05, 4.69) is 7.05 Å². The molecule has 0 aliphatic rings. The number of carboxylic acids is 1. The molecular formula is C5H7NO6S. The average Bonchev–Trinajstić information content (AvgIpc) is 1.96. The molecule has 0 spiro atoms. The summed E-state index contributed by atoms with van der Waals surface area (Å²) in [4.78, 5) is 20.7. The van der Waals surface area contributed by atoms with Crippen molar-refractivity contribution in [3.8, 4) is 0 Å². The van der Waals surface area contributed by atoms with Crippen LogP contribution < -0.4 is 5.32 Å². The molecule has 0 heterocycles. The Morgan fingerprint density at radius 3 is 2.15 bits per heavy atom. The summed E-state index contributed by atoms with van der Waals surface area (Å²) in [5, 5.41) is 7.56. The summed E-state index contributed by atoms with van der Waals surface area (Å²) in [6.45, 7) is 0. The van der Waals surface area contributed by atoms with Crippen LogP contribution in [0.15, 0.2) is 0 Å². The van der Waals surface area contributed by atoms with Gasteiger partial charge in [-0.05, 0) is 0 Å². The first-order chi connectivity index (χ1) is 5.79. The van der Waals surface area contributed by atoms with E-state index >= 15 is 0 Å². The van der Waals surface area contributed by atoms with Crippen LogP contribution in [0, 0.1) is 7.05 Å². The Balaban J connectivity index is 4.77. The first-order valence-electron chi connectivity index (χ1n) is 2.97. The number of carbonyl (C=O) groups excluding carboxylic acids is 1. The minimum Gasteiger partial charge on any atom is -0.481 e. The van der Waals surface area contributed by atoms with Crippen molar-refractivity contribution in [2.45, 2.75) is 11.7 Å². The lowest BCUT2D eigenvalue weighted by molar-refractivity contribution is -0.138. The van der Waals surface area contributed by atoms with Crippen LogP contribution in [0.4, 0.5) is 0 Å². The molecule has 2 radical (unpaired) electrons. The van der Waals surface area contributed by atoms with Crippen LogP contribution >= 0.6 is 0 Å². The number of nitrogens with one attached hydrogen (secondary N) is 1. The zero-order valence-electron chi connectivity index (χ0n) is 6.30. The molecule has 0 saturated heterocycles. The number of carboxylic acid groups (broad SMARTS) is 1. The van der Waals surface area contributed by atoms with Crippen LogP contribution in [-0.2, 0) is 19.7 Å². The van der Waals surface area contributed by atoms with Crippen LogP contribution in [0.5, 0.6) is 0 Å². The molecule has 1 atom stereocenters. The molecule has 0 aromatic heterocycles. The quantitative estimate of drug-likeness (QED) is 0.383. The van der Waals surface area contributed by atoms with Gasteiger partial charge in [-0.3, -0.25) is 14.1 Å². The zero-order valence-corrected chi connectivity index (χ0v) is 7.11. The summed E-state index contributed by atoms with van der Waals surface area (Å²) in [5.74, 6) is -2.81. The normalized spacial score (nSPS) is 13.4. The maximum Gasteiger partial charge on any atom is 0.305 e. The fraction of sp³-hybridized carbons (Fsp3) is 0.400. The third-order valence-electron chi connectivity index (χ3n) is 1.15. The Morgan fingerprint density at radius 2 is 1.92 bits per heavy atom. The van der Waals surface area contributed by atoms with Crippen molar-refractivity contribution in [2.75, 3.05) is 0 Å². The topological polar surface area (TPSA) is 121 Å². The van der Waals surface area contributed by atoms with Gasteiger partial charge in [0, 0.05) is 0 Å². The van der Waals surface area contributed by atoms with Crippen molar-refractivity contribution in [1.82, 2.24) is 5.32 Å². The summed E-state index contributed by atoms with van der Waals surface area (Å²) in [6, 6.07) is 0. The Kier molecular flexibility index (Phi) is 3.82. The van der Waals surface area contributed by atoms with Crippen LogP contribution in [0.3, 0.4) is 0 Å². The highest BCUT2D eigenvalue weighted by Crippen LogP contribution is 2.04. The third-order valence-corrected chi connectivity index (χ3v) is 2.25. The van der Waals surface area contributed by atoms with Crippen LogP contribution in [0.1, 0.15) is 6.42 Å². The van der Waals surface area contributed by atoms with E-state index in [-0.39, 0.29) is 0 Å². The van der Waals surface area contributed by atoms with Gasteiger partial charge in [-0.15, -0.1) is 0 Å². The number of hydrogen-bond donors (Lipinski definition) is 3. The summed E-state index contributed by atoms with van der Waals surface area (Å²) in [5.41, 5.74) is 0. The van der Waals surface area contributed by atoms with Gasteiger partial charge in [0.15, 0.2) is 5.25 Å². The first-order valence-corrected chi connectivity index (χ1v) is 4.48. The summed E-state index contributed by atoms with van der Waals surface area (Å²) < 4.78 is 29.3. The molecule has 1 unspecified atom stereocenters. The Morgan fingerprint density at radius 1 is 1.46 bits per heavy atom. The Hall–Kier alpha value is -1.15. The number of hydrogen-bond acceptors (Lipinski definition) is 4. The molecule has 7 nitrogen and oxygen atoms in total. The van der Waals surface area contributed by atoms with Gasteiger partial charge in [-0.1, -0.05) is 0 Å². The summed E-state index contributed by atoms with van der Waals surface area (Å²) >= 11 is 0. The second-order valence-electron chi connectivity index (χ2n) is 2.11. The second kappa shape index (κ2) is 4.19. The molecule has 0 bridgehead atoms. The van der Waals surface area contributed by atoms with E-state index in [1.54, 1.807) is 0 Å². The number of carbonyl (C=O) groups is 2. The fourth-order valence-electron chi connectivity index (χ4n) is 0.585. The van der Waals surface area contributed by atoms with Crippen molar-refractivity contribution < 1.29 is 27.7 Å². The van der Waals surface area contributed by atoms with Gasteiger partial charge in [0.05, 0.1) is 13.5 Å².